The van der Waals surface area contributed by atoms with Gasteiger partial charge in [-0.25, -0.2) is 0 Å². The Morgan fingerprint density at radius 1 is 0.385 bits per heavy atom. The van der Waals surface area contributed by atoms with Crippen LogP contribution in [0.2, 0.25) is 0 Å². The topological polar surface area (TPSA) is 29.5 Å². The van der Waals surface area contributed by atoms with E-state index >= 15 is 0 Å². The van der Waals surface area contributed by atoms with Crippen molar-refractivity contribution in [2.45, 2.75) is 0 Å². The molecule has 0 atom stereocenters. The van der Waals surface area contributed by atoms with E-state index in [-0.39, 0.29) is 0 Å². The Hall–Kier alpha value is -6.62. The van der Waals surface area contributed by atoms with E-state index in [9.17, 15) is 0 Å². The smallest absolute Gasteiger partial charge is 0.159 e. The first kappa shape index (κ1) is 29.1. The van der Waals surface area contributed by atoms with Crippen molar-refractivity contribution in [3.63, 3.8) is 0 Å². The van der Waals surface area contributed by atoms with Crippen LogP contribution >= 0.6 is 11.3 Å². The number of thiophene rings is 1. The third kappa shape index (κ3) is 4.45. The molecule has 3 heterocycles. The predicted octanol–water partition coefficient (Wildman–Crippen LogP) is 14.7. The highest BCUT2D eigenvalue weighted by Crippen LogP contribution is 2.45. The minimum Gasteiger partial charge on any atom is -0.456 e. The van der Waals surface area contributed by atoms with Crippen molar-refractivity contribution in [2.24, 2.45) is 0 Å². The van der Waals surface area contributed by atoms with Crippen LogP contribution in [-0.2, 0) is 0 Å². The quantitative estimate of drug-likeness (QED) is 0.181. The maximum atomic E-state index is 6.64. The largest absolute Gasteiger partial charge is 0.456 e. The van der Waals surface area contributed by atoms with Crippen LogP contribution in [0.15, 0.2) is 185 Å². The molecule has 0 bridgehead atoms. The standard InChI is InChI=1S/C48H29NO2S/c1-4-20-41-36(13-1)37-18-8-19-40(48(37)51-41)49(32-27-25-30(26-28-32)34-17-10-24-45-47(34)39-15-3-6-23-44(39)52-45)33-12-7-11-31(29-33)35-16-9-22-43-46(35)38-14-2-5-21-42(38)50-43/h1-29H. The minimum atomic E-state index is 0.857. The summed E-state index contributed by atoms with van der Waals surface area (Å²) in [6.45, 7) is 0. The van der Waals surface area contributed by atoms with Crippen molar-refractivity contribution in [1.29, 1.82) is 0 Å². The number of fused-ring (bicyclic) bond motifs is 9. The molecular formula is C48H29NO2S. The van der Waals surface area contributed by atoms with Crippen LogP contribution in [0.1, 0.15) is 0 Å². The second-order valence-corrected chi connectivity index (χ2v) is 14.3. The van der Waals surface area contributed by atoms with Crippen molar-refractivity contribution in [3.8, 4) is 22.3 Å². The molecule has 0 aliphatic heterocycles. The van der Waals surface area contributed by atoms with Crippen molar-refractivity contribution in [3.05, 3.63) is 176 Å². The molecule has 0 N–H and O–H groups in total. The number of furan rings is 2. The highest BCUT2D eigenvalue weighted by Gasteiger charge is 2.21. The maximum absolute atomic E-state index is 6.64. The van der Waals surface area contributed by atoms with E-state index in [2.05, 4.69) is 157 Å². The molecular weight excluding hydrogens is 655 g/mol. The number of benzene rings is 8. The van der Waals surface area contributed by atoms with Crippen LogP contribution in [-0.4, -0.2) is 0 Å². The molecule has 8 aromatic carbocycles. The zero-order valence-electron chi connectivity index (χ0n) is 27.9. The van der Waals surface area contributed by atoms with Gasteiger partial charge in [0.15, 0.2) is 5.58 Å². The number of nitrogens with zero attached hydrogens (tertiary/aromatic N) is 1. The lowest BCUT2D eigenvalue weighted by Gasteiger charge is -2.26. The average molecular weight is 684 g/mol. The normalized spacial score (nSPS) is 11.8. The fourth-order valence-corrected chi connectivity index (χ4v) is 9.10. The second kappa shape index (κ2) is 11.5. The first-order valence-electron chi connectivity index (χ1n) is 17.5. The fraction of sp³-hybridized carbons (Fsp3) is 0. The van der Waals surface area contributed by atoms with Gasteiger partial charge in [0.1, 0.15) is 16.7 Å². The highest BCUT2D eigenvalue weighted by molar-refractivity contribution is 7.25. The lowest BCUT2D eigenvalue weighted by Crippen LogP contribution is -2.10. The molecule has 0 amide bonds. The van der Waals surface area contributed by atoms with Crippen LogP contribution in [0.4, 0.5) is 17.1 Å². The Morgan fingerprint density at radius 3 is 1.88 bits per heavy atom. The molecule has 0 fully saturated rings. The minimum absolute atomic E-state index is 0.857. The lowest BCUT2D eigenvalue weighted by molar-refractivity contribution is 0.668. The number of anilines is 3. The average Bonchev–Trinajstić information content (AvgIpc) is 3.90. The molecule has 0 spiro atoms. The van der Waals surface area contributed by atoms with E-state index in [1.54, 1.807) is 0 Å². The zero-order valence-corrected chi connectivity index (χ0v) is 28.7. The Bertz CT molecular complexity index is 3150. The number of hydrogen-bond acceptors (Lipinski definition) is 4. The first-order valence-corrected chi connectivity index (χ1v) is 18.3. The van der Waals surface area contributed by atoms with Gasteiger partial charge in [-0.15, -0.1) is 11.3 Å². The molecule has 4 heteroatoms. The molecule has 3 nitrogen and oxygen atoms in total. The Labute approximate surface area is 303 Å². The van der Waals surface area contributed by atoms with E-state index < -0.39 is 0 Å². The third-order valence-electron chi connectivity index (χ3n) is 10.3. The van der Waals surface area contributed by atoms with Crippen molar-refractivity contribution in [2.75, 3.05) is 4.90 Å². The van der Waals surface area contributed by atoms with Gasteiger partial charge in [0.05, 0.1) is 5.69 Å². The summed E-state index contributed by atoms with van der Waals surface area (Å²) in [5.41, 5.74) is 11.3. The molecule has 244 valence electrons. The van der Waals surface area contributed by atoms with Gasteiger partial charge in [-0.05, 0) is 82.9 Å². The summed E-state index contributed by atoms with van der Waals surface area (Å²) in [5, 5.41) is 7.06. The maximum Gasteiger partial charge on any atom is 0.159 e. The van der Waals surface area contributed by atoms with Gasteiger partial charge in [0.2, 0.25) is 0 Å². The first-order chi connectivity index (χ1) is 25.8. The molecule has 11 aromatic rings. The van der Waals surface area contributed by atoms with Gasteiger partial charge in [0.25, 0.3) is 0 Å². The SMILES string of the molecule is c1cc(-c2cccc3oc4ccccc4c23)cc(N(c2ccc(-c3cccc4sc5ccccc5c34)cc2)c2cccc3c2oc2ccccc23)c1. The van der Waals surface area contributed by atoms with Gasteiger partial charge in [-0.1, -0.05) is 115 Å². The van der Waals surface area contributed by atoms with Gasteiger partial charge in [0, 0.05) is 53.1 Å². The Kier molecular flexibility index (Phi) is 6.42. The zero-order chi connectivity index (χ0) is 34.2. The number of hydrogen-bond donors (Lipinski definition) is 0. The number of rotatable bonds is 5. The van der Waals surface area contributed by atoms with Gasteiger partial charge >= 0.3 is 0 Å². The van der Waals surface area contributed by atoms with E-state index in [1.165, 1.54) is 31.3 Å². The second-order valence-electron chi connectivity index (χ2n) is 13.2. The Morgan fingerprint density at radius 2 is 1.02 bits per heavy atom. The van der Waals surface area contributed by atoms with Gasteiger partial charge in [-0.3, -0.25) is 0 Å². The fourth-order valence-electron chi connectivity index (χ4n) is 7.97. The van der Waals surface area contributed by atoms with Gasteiger partial charge < -0.3 is 13.7 Å². The summed E-state index contributed by atoms with van der Waals surface area (Å²) in [5.74, 6) is 0. The van der Waals surface area contributed by atoms with Gasteiger partial charge in [-0.2, -0.15) is 0 Å². The van der Waals surface area contributed by atoms with Crippen LogP contribution < -0.4 is 4.90 Å². The molecule has 3 aromatic heterocycles. The third-order valence-corrected chi connectivity index (χ3v) is 11.4. The van der Waals surface area contributed by atoms with E-state index in [4.69, 9.17) is 8.83 Å². The predicted molar refractivity (Wildman–Crippen MR) is 219 cm³/mol. The van der Waals surface area contributed by atoms with E-state index in [0.29, 0.717) is 0 Å². The number of para-hydroxylation sites is 3. The van der Waals surface area contributed by atoms with Crippen LogP contribution in [0, 0.1) is 0 Å². The van der Waals surface area contributed by atoms with E-state index in [0.717, 1.165) is 72.1 Å². The van der Waals surface area contributed by atoms with Crippen LogP contribution in [0.25, 0.3) is 86.3 Å². The summed E-state index contributed by atoms with van der Waals surface area (Å²) in [6, 6.07) is 62.5. The molecule has 0 aliphatic rings. The molecule has 0 unspecified atom stereocenters. The molecule has 52 heavy (non-hydrogen) atoms. The lowest BCUT2D eigenvalue weighted by atomic mass is 9.98. The molecule has 0 saturated carbocycles. The summed E-state index contributed by atoms with van der Waals surface area (Å²) in [6.07, 6.45) is 0. The molecule has 11 rings (SSSR count). The molecule has 0 aliphatic carbocycles. The van der Waals surface area contributed by atoms with Crippen molar-refractivity contribution >= 4 is 92.4 Å². The summed E-state index contributed by atoms with van der Waals surface area (Å²) in [7, 11) is 0. The monoisotopic (exact) mass is 683 g/mol. The summed E-state index contributed by atoms with van der Waals surface area (Å²) in [4.78, 5) is 2.33. The summed E-state index contributed by atoms with van der Waals surface area (Å²) >= 11 is 1.85. The summed E-state index contributed by atoms with van der Waals surface area (Å²) < 4.78 is 15.5. The van der Waals surface area contributed by atoms with E-state index in [1.807, 2.05) is 35.6 Å². The Balaban J connectivity index is 1.11. The van der Waals surface area contributed by atoms with Crippen LogP contribution in [0.5, 0.6) is 0 Å². The van der Waals surface area contributed by atoms with Crippen LogP contribution in [0.3, 0.4) is 0 Å². The van der Waals surface area contributed by atoms with Crippen molar-refractivity contribution in [1.82, 2.24) is 0 Å². The highest BCUT2D eigenvalue weighted by atomic mass is 32.1. The molecule has 0 saturated heterocycles. The van der Waals surface area contributed by atoms with Crippen molar-refractivity contribution < 1.29 is 8.83 Å². The molecule has 0 radical (unpaired) electrons.